The van der Waals surface area contributed by atoms with Gasteiger partial charge in [-0.25, -0.2) is 0 Å². The maximum absolute atomic E-state index is 8.82. The fourth-order valence-electron chi connectivity index (χ4n) is 2.03. The monoisotopic (exact) mass is 285 g/mol. The van der Waals surface area contributed by atoms with Crippen molar-refractivity contribution < 1.29 is 0 Å². The number of halogens is 1. The molecular weight excluding hydrogens is 278 g/mol. The standard InChI is InChI=1S/C14H8ClN3S/c15-10-3-6-13-12(7-10)17-14(19)18(13)11-4-1-9(8-16)2-5-11/h1-7H,(H,17,19). The van der Waals surface area contributed by atoms with Crippen molar-refractivity contribution in [3.63, 3.8) is 0 Å². The molecule has 2 aromatic carbocycles. The maximum atomic E-state index is 8.82. The van der Waals surface area contributed by atoms with Crippen LogP contribution in [0.4, 0.5) is 0 Å². The third kappa shape index (κ3) is 2.03. The Morgan fingerprint density at radius 1 is 1.16 bits per heavy atom. The quantitative estimate of drug-likeness (QED) is 0.681. The number of hydrogen-bond acceptors (Lipinski definition) is 2. The highest BCUT2D eigenvalue weighted by Gasteiger charge is 2.06. The lowest BCUT2D eigenvalue weighted by molar-refractivity contribution is 1.06. The van der Waals surface area contributed by atoms with Crippen molar-refractivity contribution in [1.82, 2.24) is 9.55 Å². The molecule has 5 heteroatoms. The zero-order valence-electron chi connectivity index (χ0n) is 9.72. The fraction of sp³-hybridized carbons (Fsp3) is 0. The average molecular weight is 286 g/mol. The zero-order chi connectivity index (χ0) is 13.4. The molecule has 0 spiro atoms. The number of nitrogens with zero attached hydrogens (tertiary/aromatic N) is 2. The van der Waals surface area contributed by atoms with E-state index in [1.165, 1.54) is 0 Å². The number of H-pyrrole nitrogens is 1. The largest absolute Gasteiger partial charge is 0.330 e. The van der Waals surface area contributed by atoms with Crippen LogP contribution in [0.1, 0.15) is 5.56 Å². The number of nitriles is 1. The van der Waals surface area contributed by atoms with Gasteiger partial charge in [-0.2, -0.15) is 5.26 Å². The molecule has 0 amide bonds. The van der Waals surface area contributed by atoms with Crippen molar-refractivity contribution in [2.75, 3.05) is 0 Å². The topological polar surface area (TPSA) is 44.5 Å². The summed E-state index contributed by atoms with van der Waals surface area (Å²) in [6, 6.07) is 15.0. The molecule has 3 nitrogen and oxygen atoms in total. The summed E-state index contributed by atoms with van der Waals surface area (Å²) in [5.41, 5.74) is 3.39. The van der Waals surface area contributed by atoms with Crippen LogP contribution in [0.2, 0.25) is 5.02 Å². The number of hydrogen-bond donors (Lipinski definition) is 1. The molecular formula is C14H8ClN3S. The predicted octanol–water partition coefficient (Wildman–Crippen LogP) is 4.21. The lowest BCUT2D eigenvalue weighted by Crippen LogP contribution is -1.93. The Balaban J connectivity index is 2.27. The highest BCUT2D eigenvalue weighted by molar-refractivity contribution is 7.71. The highest BCUT2D eigenvalue weighted by Crippen LogP contribution is 2.22. The second-order valence-corrected chi connectivity index (χ2v) is 4.91. The molecule has 0 aliphatic heterocycles. The van der Waals surface area contributed by atoms with Gasteiger partial charge in [-0.05, 0) is 54.7 Å². The molecule has 1 heterocycles. The van der Waals surface area contributed by atoms with E-state index in [1.807, 2.05) is 34.9 Å². The average Bonchev–Trinajstić information content (AvgIpc) is 2.74. The van der Waals surface area contributed by atoms with Gasteiger partial charge < -0.3 is 4.98 Å². The van der Waals surface area contributed by atoms with Gasteiger partial charge in [-0.1, -0.05) is 11.6 Å². The Morgan fingerprint density at radius 2 is 1.89 bits per heavy atom. The molecule has 1 N–H and O–H groups in total. The Labute approximate surface area is 119 Å². The van der Waals surface area contributed by atoms with Gasteiger partial charge in [0.25, 0.3) is 0 Å². The van der Waals surface area contributed by atoms with Crippen molar-refractivity contribution in [3.05, 3.63) is 57.8 Å². The van der Waals surface area contributed by atoms with Crippen LogP contribution >= 0.6 is 23.8 Å². The summed E-state index contributed by atoms with van der Waals surface area (Å²) in [5.74, 6) is 0. The van der Waals surface area contributed by atoms with Gasteiger partial charge >= 0.3 is 0 Å². The highest BCUT2D eigenvalue weighted by atomic mass is 35.5. The number of aromatic nitrogens is 2. The molecule has 19 heavy (non-hydrogen) atoms. The molecule has 3 rings (SSSR count). The fourth-order valence-corrected chi connectivity index (χ4v) is 2.51. The molecule has 0 fully saturated rings. The minimum Gasteiger partial charge on any atom is -0.330 e. The van der Waals surface area contributed by atoms with Crippen molar-refractivity contribution in [2.45, 2.75) is 0 Å². The molecule has 0 saturated carbocycles. The third-order valence-corrected chi connectivity index (χ3v) is 3.42. The van der Waals surface area contributed by atoms with Gasteiger partial charge in [-0.3, -0.25) is 4.57 Å². The van der Waals surface area contributed by atoms with Crippen molar-refractivity contribution >= 4 is 34.9 Å². The number of benzene rings is 2. The normalized spacial score (nSPS) is 10.5. The number of imidazole rings is 1. The molecule has 0 unspecified atom stereocenters. The van der Waals surface area contributed by atoms with Crippen LogP contribution in [0.15, 0.2) is 42.5 Å². The van der Waals surface area contributed by atoms with E-state index in [2.05, 4.69) is 11.1 Å². The predicted molar refractivity (Wildman–Crippen MR) is 78.2 cm³/mol. The van der Waals surface area contributed by atoms with E-state index in [9.17, 15) is 0 Å². The van der Waals surface area contributed by atoms with E-state index >= 15 is 0 Å². The lowest BCUT2D eigenvalue weighted by Gasteiger charge is -2.04. The first-order valence-electron chi connectivity index (χ1n) is 5.60. The Hall–Kier alpha value is -2.09. The number of nitrogens with one attached hydrogen (secondary N) is 1. The van der Waals surface area contributed by atoms with Crippen molar-refractivity contribution in [2.24, 2.45) is 0 Å². The van der Waals surface area contributed by atoms with E-state index in [-0.39, 0.29) is 0 Å². The maximum Gasteiger partial charge on any atom is 0.182 e. The number of aromatic amines is 1. The minimum absolute atomic E-state index is 0.599. The van der Waals surface area contributed by atoms with E-state index in [4.69, 9.17) is 29.1 Å². The summed E-state index contributed by atoms with van der Waals surface area (Å²) in [6.45, 7) is 0. The van der Waals surface area contributed by atoms with E-state index in [0.29, 0.717) is 15.4 Å². The van der Waals surface area contributed by atoms with Gasteiger partial charge in [0, 0.05) is 10.7 Å². The number of rotatable bonds is 1. The van der Waals surface area contributed by atoms with Gasteiger partial charge in [0.15, 0.2) is 4.77 Å². The van der Waals surface area contributed by atoms with Crippen LogP contribution in [0.5, 0.6) is 0 Å². The molecule has 0 bridgehead atoms. The van der Waals surface area contributed by atoms with Crippen molar-refractivity contribution in [3.8, 4) is 11.8 Å². The lowest BCUT2D eigenvalue weighted by atomic mass is 10.2. The second-order valence-electron chi connectivity index (χ2n) is 4.09. The zero-order valence-corrected chi connectivity index (χ0v) is 11.3. The summed E-state index contributed by atoms with van der Waals surface area (Å²) in [7, 11) is 0. The number of fused-ring (bicyclic) bond motifs is 1. The SMILES string of the molecule is N#Cc1ccc(-n2c(=S)[nH]c3cc(Cl)ccc32)cc1. The second kappa shape index (κ2) is 4.54. The molecule has 92 valence electrons. The molecule has 0 radical (unpaired) electrons. The smallest absolute Gasteiger partial charge is 0.182 e. The Kier molecular flexibility index (Phi) is 2.86. The molecule has 3 aromatic rings. The van der Waals surface area contributed by atoms with Crippen LogP contribution in [0.3, 0.4) is 0 Å². The van der Waals surface area contributed by atoms with Gasteiger partial charge in [0.2, 0.25) is 0 Å². The van der Waals surface area contributed by atoms with Crippen LogP contribution in [0.25, 0.3) is 16.7 Å². The van der Waals surface area contributed by atoms with Gasteiger partial charge in [0.1, 0.15) is 0 Å². The molecule has 0 atom stereocenters. The summed E-state index contributed by atoms with van der Waals surface area (Å²) in [5, 5.41) is 9.48. The van der Waals surface area contributed by atoms with Crippen LogP contribution < -0.4 is 0 Å². The van der Waals surface area contributed by atoms with Crippen LogP contribution in [-0.2, 0) is 0 Å². The summed E-state index contributed by atoms with van der Waals surface area (Å²) in [4.78, 5) is 3.12. The molecule has 0 aliphatic rings. The molecule has 1 aromatic heterocycles. The van der Waals surface area contributed by atoms with Crippen LogP contribution in [0, 0.1) is 16.1 Å². The Bertz CT molecular complexity index is 853. The summed E-state index contributed by atoms with van der Waals surface area (Å²) >= 11 is 11.3. The van der Waals surface area contributed by atoms with Gasteiger partial charge in [0.05, 0.1) is 22.7 Å². The first-order chi connectivity index (χ1) is 9.19. The first kappa shape index (κ1) is 12.0. The summed E-state index contributed by atoms with van der Waals surface area (Å²) in [6.07, 6.45) is 0. The molecule has 0 aliphatic carbocycles. The first-order valence-corrected chi connectivity index (χ1v) is 6.38. The summed E-state index contributed by atoms with van der Waals surface area (Å²) < 4.78 is 2.52. The van der Waals surface area contributed by atoms with E-state index < -0.39 is 0 Å². The molecule has 0 saturated heterocycles. The van der Waals surface area contributed by atoms with Crippen LogP contribution in [-0.4, -0.2) is 9.55 Å². The van der Waals surface area contributed by atoms with Crippen molar-refractivity contribution in [1.29, 1.82) is 5.26 Å². The van der Waals surface area contributed by atoms with Gasteiger partial charge in [-0.15, -0.1) is 0 Å². The minimum atomic E-state index is 0.599. The van der Waals surface area contributed by atoms with E-state index in [0.717, 1.165) is 16.7 Å². The Morgan fingerprint density at radius 3 is 2.58 bits per heavy atom. The van der Waals surface area contributed by atoms with E-state index in [1.54, 1.807) is 12.1 Å². The third-order valence-electron chi connectivity index (χ3n) is 2.90.